The van der Waals surface area contributed by atoms with Crippen molar-refractivity contribution in [2.24, 2.45) is 5.92 Å². The number of para-hydroxylation sites is 1. The van der Waals surface area contributed by atoms with Crippen LogP contribution in [0.25, 0.3) is 73.2 Å². The van der Waals surface area contributed by atoms with E-state index in [1.165, 1.54) is 60.8 Å². The fraction of sp³-hybridized carbons (Fsp3) is 0.0962. The third-order valence-corrected chi connectivity index (χ3v) is 12.7. The van der Waals surface area contributed by atoms with Gasteiger partial charge in [-0.25, -0.2) is 0 Å². The lowest BCUT2D eigenvalue weighted by Crippen LogP contribution is -2.32. The molecule has 1 spiro atoms. The van der Waals surface area contributed by atoms with Crippen LogP contribution >= 0.6 is 0 Å². The molecule has 0 saturated heterocycles. The van der Waals surface area contributed by atoms with Crippen molar-refractivity contribution in [3.8, 4) is 33.6 Å². The van der Waals surface area contributed by atoms with Crippen LogP contribution in [0.1, 0.15) is 53.6 Å². The number of benzene rings is 5. The third kappa shape index (κ3) is 4.48. The van der Waals surface area contributed by atoms with E-state index in [1.54, 1.807) is 0 Å². The largest absolute Gasteiger partial charge is 0.384 e. The maximum atomic E-state index is 6.67. The molecule has 57 heavy (non-hydrogen) atoms. The third-order valence-electron chi connectivity index (χ3n) is 12.7. The van der Waals surface area contributed by atoms with Crippen molar-refractivity contribution in [2.75, 3.05) is 11.5 Å². The molecule has 0 radical (unpaired) electrons. The Morgan fingerprint density at radius 2 is 1.28 bits per heavy atom. The van der Waals surface area contributed by atoms with E-state index >= 15 is 0 Å². The highest BCUT2D eigenvalue weighted by atomic mass is 15.1. The van der Waals surface area contributed by atoms with Crippen molar-refractivity contribution >= 4 is 51.2 Å². The van der Waals surface area contributed by atoms with E-state index in [1.807, 2.05) is 48.9 Å². The molecule has 3 aliphatic rings. The van der Waals surface area contributed by atoms with E-state index in [0.29, 0.717) is 17.6 Å². The molecule has 2 unspecified atom stereocenters. The Hall–Kier alpha value is -7.11. The molecule has 3 heterocycles. The van der Waals surface area contributed by atoms with E-state index in [9.17, 15) is 0 Å². The number of fused-ring (bicyclic) bond motifs is 13. The first-order valence-electron chi connectivity index (χ1n) is 19.8. The number of allylic oxidation sites excluding steroid dienone is 6. The van der Waals surface area contributed by atoms with Crippen LogP contribution in [0.2, 0.25) is 0 Å². The molecule has 0 bridgehead atoms. The molecule has 3 aromatic heterocycles. The minimum absolute atomic E-state index is 0.301. The number of nitrogen functional groups attached to an aromatic ring is 2. The quantitative estimate of drug-likeness (QED) is 0.185. The zero-order valence-electron chi connectivity index (χ0n) is 31.9. The SMILES string of the molecule is C/C=C\c1c(/C=C\C)c(N)n(-c2ccc(-c3ccc(-n4c5ccccc5c5cc6c(cc54)C4(c5ccccc5C5=CC=CCC54)c4ccncc4-6)cc3)cc2)c1N. The second kappa shape index (κ2) is 12.5. The van der Waals surface area contributed by atoms with E-state index in [4.69, 9.17) is 16.5 Å². The van der Waals surface area contributed by atoms with Gasteiger partial charge in [0.25, 0.3) is 0 Å². The van der Waals surface area contributed by atoms with Gasteiger partial charge in [-0.3, -0.25) is 9.55 Å². The molecular formula is C52H41N5. The van der Waals surface area contributed by atoms with Gasteiger partial charge in [0.2, 0.25) is 0 Å². The molecule has 5 nitrogen and oxygen atoms in total. The molecule has 274 valence electrons. The molecule has 8 aromatic rings. The summed E-state index contributed by atoms with van der Waals surface area (Å²) in [4.78, 5) is 4.69. The van der Waals surface area contributed by atoms with E-state index in [2.05, 4.69) is 144 Å². The van der Waals surface area contributed by atoms with Crippen LogP contribution in [0.5, 0.6) is 0 Å². The van der Waals surface area contributed by atoms with Crippen LogP contribution < -0.4 is 11.5 Å². The number of hydrogen-bond acceptors (Lipinski definition) is 3. The van der Waals surface area contributed by atoms with Crippen molar-refractivity contribution < 1.29 is 0 Å². The van der Waals surface area contributed by atoms with E-state index < -0.39 is 0 Å². The summed E-state index contributed by atoms with van der Waals surface area (Å²) in [7, 11) is 0. The summed E-state index contributed by atoms with van der Waals surface area (Å²) < 4.78 is 4.38. The Labute approximate surface area is 332 Å². The Kier molecular flexibility index (Phi) is 7.26. The first-order chi connectivity index (χ1) is 28.0. The van der Waals surface area contributed by atoms with Crippen LogP contribution in [-0.4, -0.2) is 14.1 Å². The lowest BCUT2D eigenvalue weighted by molar-refractivity contribution is 0.494. The maximum absolute atomic E-state index is 6.67. The average molecular weight is 736 g/mol. The highest BCUT2D eigenvalue weighted by Crippen LogP contribution is 2.65. The summed E-state index contributed by atoms with van der Waals surface area (Å²) in [6, 6.07) is 42.6. The first-order valence-corrected chi connectivity index (χ1v) is 19.8. The summed E-state index contributed by atoms with van der Waals surface area (Å²) in [6.07, 6.45) is 20.0. The Morgan fingerprint density at radius 1 is 0.632 bits per heavy atom. The van der Waals surface area contributed by atoms with Crippen LogP contribution in [0, 0.1) is 5.92 Å². The van der Waals surface area contributed by atoms with Crippen molar-refractivity contribution in [1.82, 2.24) is 14.1 Å². The van der Waals surface area contributed by atoms with Crippen LogP contribution in [0.15, 0.2) is 158 Å². The number of nitrogens with two attached hydrogens (primary N) is 2. The Morgan fingerprint density at radius 3 is 2.00 bits per heavy atom. The summed E-state index contributed by atoms with van der Waals surface area (Å²) in [5.74, 6) is 1.56. The fourth-order valence-corrected chi connectivity index (χ4v) is 10.4. The van der Waals surface area contributed by atoms with Crippen molar-refractivity contribution in [2.45, 2.75) is 25.7 Å². The molecule has 0 amide bonds. The number of rotatable bonds is 5. The van der Waals surface area contributed by atoms with Gasteiger partial charge in [-0.2, -0.15) is 0 Å². The molecule has 5 heteroatoms. The van der Waals surface area contributed by atoms with Crippen molar-refractivity contribution in [1.29, 1.82) is 0 Å². The highest BCUT2D eigenvalue weighted by Gasteiger charge is 2.56. The molecule has 4 N–H and O–H groups in total. The van der Waals surface area contributed by atoms with Gasteiger partial charge < -0.3 is 16.0 Å². The zero-order chi connectivity index (χ0) is 38.4. The van der Waals surface area contributed by atoms with Crippen LogP contribution in [0.4, 0.5) is 11.6 Å². The Balaban J connectivity index is 1.05. The maximum Gasteiger partial charge on any atom is 0.117 e. The molecule has 5 aromatic carbocycles. The number of anilines is 2. The molecule has 11 rings (SSSR count). The fourth-order valence-electron chi connectivity index (χ4n) is 10.4. The standard InChI is InChI=1S/C52H41N5/c1-3-11-39-40(12-4-2)51(54)57(50(39)53)35-25-21-33(22-26-35)32-19-23-34(24-20-32)56-48-18-10-7-15-38(48)42-29-41-43-31-55-28-27-46(43)52(47(41)30-49(42)56)44-16-8-5-13-36(44)37-14-6-9-17-45(37)52/h3-16,18-31,45H,17,53-54H2,1-2H3/b11-3-,12-4-. The van der Waals surface area contributed by atoms with Gasteiger partial charge in [0.1, 0.15) is 11.6 Å². The van der Waals surface area contributed by atoms with Crippen LogP contribution in [-0.2, 0) is 5.41 Å². The van der Waals surface area contributed by atoms with Crippen LogP contribution in [0.3, 0.4) is 0 Å². The van der Waals surface area contributed by atoms with Gasteiger partial charge in [-0.15, -0.1) is 0 Å². The van der Waals surface area contributed by atoms with Gasteiger partial charge in [0.15, 0.2) is 0 Å². The molecule has 3 aliphatic carbocycles. The van der Waals surface area contributed by atoms with Gasteiger partial charge in [-0.05, 0) is 113 Å². The monoisotopic (exact) mass is 735 g/mol. The number of nitrogens with zero attached hydrogens (tertiary/aromatic N) is 3. The summed E-state index contributed by atoms with van der Waals surface area (Å²) in [5, 5.41) is 2.49. The van der Waals surface area contributed by atoms with Gasteiger partial charge in [-0.1, -0.05) is 109 Å². The zero-order valence-corrected chi connectivity index (χ0v) is 31.9. The van der Waals surface area contributed by atoms with E-state index in [-0.39, 0.29) is 5.41 Å². The second-order valence-corrected chi connectivity index (χ2v) is 15.4. The number of pyridine rings is 1. The smallest absolute Gasteiger partial charge is 0.117 e. The van der Waals surface area contributed by atoms with Gasteiger partial charge >= 0.3 is 0 Å². The predicted octanol–water partition coefficient (Wildman–Crippen LogP) is 12.2. The van der Waals surface area contributed by atoms with Gasteiger partial charge in [0, 0.05) is 57.1 Å². The molecule has 0 fully saturated rings. The number of hydrogen-bond donors (Lipinski definition) is 2. The van der Waals surface area contributed by atoms with E-state index in [0.717, 1.165) is 40.0 Å². The highest BCUT2D eigenvalue weighted by molar-refractivity contribution is 6.12. The second-order valence-electron chi connectivity index (χ2n) is 15.4. The summed E-state index contributed by atoms with van der Waals surface area (Å²) in [5.41, 5.74) is 31.1. The normalized spacial score (nSPS) is 17.9. The minimum Gasteiger partial charge on any atom is -0.384 e. The average Bonchev–Trinajstić information content (AvgIpc) is 3.92. The number of aromatic nitrogens is 3. The first kappa shape index (κ1) is 33.2. The molecular weight excluding hydrogens is 695 g/mol. The lowest BCUT2D eigenvalue weighted by atomic mass is 9.65. The molecule has 0 saturated carbocycles. The van der Waals surface area contributed by atoms with Crippen molar-refractivity contribution in [3.05, 3.63) is 191 Å². The molecule has 0 aliphatic heterocycles. The predicted molar refractivity (Wildman–Crippen MR) is 239 cm³/mol. The van der Waals surface area contributed by atoms with Gasteiger partial charge in [0.05, 0.1) is 16.4 Å². The molecule has 2 atom stereocenters. The summed E-state index contributed by atoms with van der Waals surface area (Å²) in [6.45, 7) is 3.98. The lowest BCUT2D eigenvalue weighted by Gasteiger charge is -2.36. The minimum atomic E-state index is -0.301. The summed E-state index contributed by atoms with van der Waals surface area (Å²) >= 11 is 0. The topological polar surface area (TPSA) is 74.8 Å². The van der Waals surface area contributed by atoms with Crippen molar-refractivity contribution in [3.63, 3.8) is 0 Å². The Bertz CT molecular complexity index is 3040.